The summed E-state index contributed by atoms with van der Waals surface area (Å²) >= 11 is 1.59. The first kappa shape index (κ1) is 22.2. The molecule has 0 amide bonds. The Morgan fingerprint density at radius 1 is 1.30 bits per heavy atom. The standard InChI is InChI=1S/C26H29NO5S/c1-5-32-25(30)18-13-27(15-6-7-15)20-17(21(18)28)9-8-16(22(20)31-4)19-12-14-10-11-26(2,3)24(29)23(14)33-19/h8-9,12-13,15,24,29H,5-7,10-11H2,1-4H3. The van der Waals surface area contributed by atoms with Crippen LogP contribution in [0, 0.1) is 5.41 Å². The first-order valence-corrected chi connectivity index (χ1v) is 12.3. The normalized spacial score (nSPS) is 19.4. The van der Waals surface area contributed by atoms with Crippen molar-refractivity contribution in [1.29, 1.82) is 0 Å². The van der Waals surface area contributed by atoms with Crippen LogP contribution in [0.25, 0.3) is 21.3 Å². The molecule has 0 saturated heterocycles. The van der Waals surface area contributed by atoms with Gasteiger partial charge in [-0.1, -0.05) is 13.8 Å². The molecule has 2 aliphatic rings. The fourth-order valence-corrected chi connectivity index (χ4v) is 6.20. The zero-order valence-corrected chi connectivity index (χ0v) is 20.3. The lowest BCUT2D eigenvalue weighted by Crippen LogP contribution is -2.26. The van der Waals surface area contributed by atoms with Gasteiger partial charge in [-0.05, 0) is 61.8 Å². The van der Waals surface area contributed by atoms with Crippen LogP contribution < -0.4 is 10.2 Å². The van der Waals surface area contributed by atoms with Gasteiger partial charge in [0, 0.05) is 27.6 Å². The average molecular weight is 468 g/mol. The van der Waals surface area contributed by atoms with Gasteiger partial charge in [0.05, 0.1) is 30.7 Å². The maximum Gasteiger partial charge on any atom is 0.343 e. The smallest absolute Gasteiger partial charge is 0.343 e. The molecule has 1 fully saturated rings. The number of thiophene rings is 1. The summed E-state index contributed by atoms with van der Waals surface area (Å²) in [5.41, 5.74) is 2.35. The van der Waals surface area contributed by atoms with Crippen molar-refractivity contribution in [3.63, 3.8) is 0 Å². The Morgan fingerprint density at radius 2 is 2.06 bits per heavy atom. The molecule has 1 saturated carbocycles. The molecule has 2 heterocycles. The van der Waals surface area contributed by atoms with E-state index in [9.17, 15) is 14.7 Å². The van der Waals surface area contributed by atoms with Gasteiger partial charge in [-0.2, -0.15) is 0 Å². The summed E-state index contributed by atoms with van der Waals surface area (Å²) in [6.45, 7) is 6.15. The Bertz CT molecular complexity index is 1310. The summed E-state index contributed by atoms with van der Waals surface area (Å²) in [5.74, 6) is 0.0311. The SMILES string of the molecule is CCOC(=O)c1cn(C2CC2)c2c(OC)c(-c3cc4c(s3)C(O)C(C)(C)CC4)ccc2c1=O. The number of aromatic nitrogens is 1. The predicted octanol–water partition coefficient (Wildman–Crippen LogP) is 5.26. The van der Waals surface area contributed by atoms with Crippen LogP contribution in [-0.4, -0.2) is 29.4 Å². The molecule has 0 spiro atoms. The fraction of sp³-hybridized carbons (Fsp3) is 0.462. The van der Waals surface area contributed by atoms with E-state index in [0.717, 1.165) is 41.0 Å². The summed E-state index contributed by atoms with van der Waals surface area (Å²) in [6.07, 6.45) is 4.98. The average Bonchev–Trinajstić information content (AvgIpc) is 3.54. The Hall–Kier alpha value is -2.64. The molecule has 174 valence electrons. The van der Waals surface area contributed by atoms with Gasteiger partial charge in [-0.15, -0.1) is 11.3 Å². The number of carbonyl (C=O) groups excluding carboxylic acids is 1. The predicted molar refractivity (Wildman–Crippen MR) is 129 cm³/mol. The number of pyridine rings is 1. The van der Waals surface area contributed by atoms with Crippen LogP contribution in [0.4, 0.5) is 0 Å². The fourth-order valence-electron chi connectivity index (χ4n) is 4.76. The van der Waals surface area contributed by atoms with Gasteiger partial charge in [0.15, 0.2) is 5.75 Å². The number of hydrogen-bond acceptors (Lipinski definition) is 6. The highest BCUT2D eigenvalue weighted by atomic mass is 32.1. The number of fused-ring (bicyclic) bond motifs is 2. The molecule has 0 radical (unpaired) electrons. The van der Waals surface area contributed by atoms with Crippen molar-refractivity contribution in [3.8, 4) is 16.2 Å². The van der Waals surface area contributed by atoms with E-state index in [1.807, 2.05) is 10.6 Å². The molecule has 2 aliphatic carbocycles. The Balaban J connectivity index is 1.72. The molecule has 1 N–H and O–H groups in total. The molecule has 33 heavy (non-hydrogen) atoms. The number of ether oxygens (including phenoxy) is 2. The minimum Gasteiger partial charge on any atom is -0.494 e. The van der Waals surface area contributed by atoms with E-state index in [-0.39, 0.29) is 29.1 Å². The monoisotopic (exact) mass is 467 g/mol. The van der Waals surface area contributed by atoms with Gasteiger partial charge in [-0.3, -0.25) is 4.79 Å². The summed E-state index contributed by atoms with van der Waals surface area (Å²) in [5, 5.41) is 11.4. The molecule has 6 nitrogen and oxygen atoms in total. The minimum atomic E-state index is -0.593. The number of hydrogen-bond donors (Lipinski definition) is 1. The van der Waals surface area contributed by atoms with Gasteiger partial charge in [0.2, 0.25) is 5.43 Å². The van der Waals surface area contributed by atoms with Gasteiger partial charge < -0.3 is 19.1 Å². The number of carbonyl (C=O) groups is 1. The van der Waals surface area contributed by atoms with Crippen LogP contribution in [0.1, 0.15) is 73.0 Å². The zero-order chi connectivity index (χ0) is 23.5. The Morgan fingerprint density at radius 3 is 2.73 bits per heavy atom. The van der Waals surface area contributed by atoms with E-state index < -0.39 is 12.1 Å². The molecular formula is C26H29NO5S. The van der Waals surface area contributed by atoms with E-state index in [4.69, 9.17) is 9.47 Å². The highest BCUT2D eigenvalue weighted by molar-refractivity contribution is 7.15. The van der Waals surface area contributed by atoms with Crippen LogP contribution in [0.2, 0.25) is 0 Å². The lowest BCUT2D eigenvalue weighted by atomic mass is 9.75. The summed E-state index contributed by atoms with van der Waals surface area (Å²) in [7, 11) is 1.62. The van der Waals surface area contributed by atoms with Crippen LogP contribution >= 0.6 is 11.3 Å². The van der Waals surface area contributed by atoms with Gasteiger partial charge >= 0.3 is 5.97 Å². The van der Waals surface area contributed by atoms with Crippen molar-refractivity contribution in [2.24, 2.45) is 5.41 Å². The molecule has 1 unspecified atom stereocenters. The zero-order valence-electron chi connectivity index (χ0n) is 19.4. The summed E-state index contributed by atoms with van der Waals surface area (Å²) in [4.78, 5) is 27.7. The van der Waals surface area contributed by atoms with Gasteiger partial charge in [0.1, 0.15) is 5.56 Å². The minimum absolute atomic E-state index is 0.0583. The van der Waals surface area contributed by atoms with Crippen molar-refractivity contribution in [2.75, 3.05) is 13.7 Å². The Kier molecular flexibility index (Phi) is 5.37. The second-order valence-electron chi connectivity index (χ2n) is 9.66. The van der Waals surface area contributed by atoms with Crippen molar-refractivity contribution in [1.82, 2.24) is 4.57 Å². The largest absolute Gasteiger partial charge is 0.494 e. The Labute approximate surface area is 196 Å². The van der Waals surface area contributed by atoms with Crippen molar-refractivity contribution in [2.45, 2.75) is 58.6 Å². The number of methoxy groups -OCH3 is 1. The third-order valence-corrected chi connectivity index (χ3v) is 8.18. The number of nitrogens with zero attached hydrogens (tertiary/aromatic N) is 1. The maximum atomic E-state index is 13.2. The summed E-state index contributed by atoms with van der Waals surface area (Å²) in [6, 6.07) is 6.05. The molecule has 3 aromatic rings. The van der Waals surface area contributed by atoms with Gasteiger partial charge in [0.25, 0.3) is 0 Å². The molecular weight excluding hydrogens is 438 g/mol. The number of rotatable bonds is 5. The van der Waals surface area contributed by atoms with Crippen LogP contribution in [0.3, 0.4) is 0 Å². The molecule has 1 aromatic carbocycles. The van der Waals surface area contributed by atoms with Crippen molar-refractivity contribution >= 4 is 28.2 Å². The van der Waals surface area contributed by atoms with E-state index >= 15 is 0 Å². The van der Waals surface area contributed by atoms with Crippen LogP contribution in [-0.2, 0) is 11.2 Å². The highest BCUT2D eigenvalue weighted by Gasteiger charge is 2.37. The van der Waals surface area contributed by atoms with E-state index in [1.165, 1.54) is 5.56 Å². The highest BCUT2D eigenvalue weighted by Crippen LogP contribution is 2.50. The molecule has 0 aliphatic heterocycles. The number of aryl methyl sites for hydroxylation is 1. The van der Waals surface area contributed by atoms with Crippen molar-refractivity contribution in [3.05, 3.63) is 50.6 Å². The number of benzene rings is 1. The van der Waals surface area contributed by atoms with E-state index in [1.54, 1.807) is 37.6 Å². The van der Waals surface area contributed by atoms with Gasteiger partial charge in [-0.25, -0.2) is 4.79 Å². The number of esters is 1. The third-order valence-electron chi connectivity index (χ3n) is 6.92. The molecule has 0 bridgehead atoms. The first-order chi connectivity index (χ1) is 15.8. The topological polar surface area (TPSA) is 77.8 Å². The summed E-state index contributed by atoms with van der Waals surface area (Å²) < 4.78 is 13.0. The quantitative estimate of drug-likeness (QED) is 0.518. The molecule has 1 atom stereocenters. The van der Waals surface area contributed by atoms with Crippen LogP contribution in [0.15, 0.2) is 29.2 Å². The lowest BCUT2D eigenvalue weighted by Gasteiger charge is -2.34. The number of aliphatic hydroxyl groups excluding tert-OH is 1. The van der Waals surface area contributed by atoms with E-state index in [0.29, 0.717) is 16.7 Å². The second-order valence-corrected chi connectivity index (χ2v) is 10.7. The lowest BCUT2D eigenvalue weighted by molar-refractivity contribution is 0.0373. The molecule has 5 rings (SSSR count). The number of aliphatic hydroxyl groups is 1. The van der Waals surface area contributed by atoms with Crippen LogP contribution in [0.5, 0.6) is 5.75 Å². The van der Waals surface area contributed by atoms with E-state index in [2.05, 4.69) is 19.9 Å². The second kappa shape index (κ2) is 7.99. The van der Waals surface area contributed by atoms with Crippen molar-refractivity contribution < 1.29 is 19.4 Å². The first-order valence-electron chi connectivity index (χ1n) is 11.5. The molecule has 7 heteroatoms. The molecule has 2 aromatic heterocycles. The third kappa shape index (κ3) is 3.58. The maximum absolute atomic E-state index is 13.2.